The molecule has 25 heavy (non-hydrogen) atoms. The third kappa shape index (κ3) is 3.10. The number of hydrogen-bond acceptors (Lipinski definition) is 2. The van der Waals surface area contributed by atoms with E-state index >= 15 is 0 Å². The Morgan fingerprint density at radius 3 is 2.28 bits per heavy atom. The van der Waals surface area contributed by atoms with Gasteiger partial charge in [-0.15, -0.1) is 0 Å². The van der Waals surface area contributed by atoms with Crippen molar-refractivity contribution < 1.29 is 4.39 Å². The molecular weight excluding hydrogens is 381 g/mol. The molecule has 122 valence electrons. The van der Waals surface area contributed by atoms with Gasteiger partial charge in [-0.1, -0.05) is 34.1 Å². The average molecular weight is 394 g/mol. The van der Waals surface area contributed by atoms with Gasteiger partial charge in [-0.05, 0) is 42.5 Å². The normalized spacial score (nSPS) is 10.8. The van der Waals surface area contributed by atoms with Crippen LogP contribution in [-0.4, -0.2) is 15.0 Å². The number of benzene rings is 2. The summed E-state index contributed by atoms with van der Waals surface area (Å²) in [5.41, 5.74) is 4.44. The highest BCUT2D eigenvalue weighted by Gasteiger charge is 2.16. The molecule has 0 unspecified atom stereocenters. The highest BCUT2D eigenvalue weighted by molar-refractivity contribution is 9.10. The molecule has 0 fully saturated rings. The van der Waals surface area contributed by atoms with E-state index in [1.165, 1.54) is 12.1 Å². The van der Waals surface area contributed by atoms with Crippen LogP contribution in [0.15, 0.2) is 77.5 Å². The van der Waals surface area contributed by atoms with Gasteiger partial charge in [0.15, 0.2) is 0 Å². The van der Waals surface area contributed by atoms with E-state index in [4.69, 9.17) is 4.98 Å². The summed E-state index contributed by atoms with van der Waals surface area (Å²) in [4.78, 5) is 12.3. The van der Waals surface area contributed by atoms with E-state index in [1.807, 2.05) is 36.4 Å². The second-order valence-electron chi connectivity index (χ2n) is 5.53. The first kappa shape index (κ1) is 15.7. The molecule has 3 nitrogen and oxygen atoms in total. The summed E-state index contributed by atoms with van der Waals surface area (Å²) in [7, 11) is 0. The monoisotopic (exact) mass is 393 g/mol. The van der Waals surface area contributed by atoms with Crippen molar-refractivity contribution >= 4 is 15.9 Å². The summed E-state index contributed by atoms with van der Waals surface area (Å²) in [5.74, 6) is 0.481. The summed E-state index contributed by atoms with van der Waals surface area (Å²) in [6.45, 7) is 0. The van der Waals surface area contributed by atoms with Crippen LogP contribution >= 0.6 is 15.9 Å². The molecule has 0 saturated carbocycles. The number of aromatic nitrogens is 3. The number of imidazole rings is 1. The summed E-state index contributed by atoms with van der Waals surface area (Å²) in [6, 6.07) is 18.1. The van der Waals surface area contributed by atoms with Gasteiger partial charge in [-0.3, -0.25) is 4.98 Å². The number of nitrogens with one attached hydrogen (secondary N) is 1. The van der Waals surface area contributed by atoms with Gasteiger partial charge in [-0.25, -0.2) is 9.37 Å². The van der Waals surface area contributed by atoms with Crippen molar-refractivity contribution in [2.75, 3.05) is 0 Å². The van der Waals surface area contributed by atoms with Crippen molar-refractivity contribution in [3.05, 3.63) is 83.3 Å². The Labute approximate surface area is 152 Å². The zero-order chi connectivity index (χ0) is 17.2. The quantitative estimate of drug-likeness (QED) is 0.484. The van der Waals surface area contributed by atoms with Crippen molar-refractivity contribution in [3.63, 3.8) is 0 Å². The van der Waals surface area contributed by atoms with E-state index in [1.54, 1.807) is 24.5 Å². The average Bonchev–Trinajstić information content (AvgIpc) is 3.08. The number of rotatable bonds is 3. The van der Waals surface area contributed by atoms with Crippen LogP contribution < -0.4 is 0 Å². The predicted octanol–water partition coefficient (Wildman–Crippen LogP) is 5.71. The van der Waals surface area contributed by atoms with Crippen molar-refractivity contribution in [1.29, 1.82) is 0 Å². The van der Waals surface area contributed by atoms with Crippen LogP contribution in [0, 0.1) is 5.82 Å². The van der Waals surface area contributed by atoms with E-state index in [-0.39, 0.29) is 5.82 Å². The number of nitrogens with zero attached hydrogens (tertiary/aromatic N) is 2. The molecule has 0 atom stereocenters. The van der Waals surface area contributed by atoms with Gasteiger partial charge in [0.25, 0.3) is 0 Å². The zero-order valence-electron chi connectivity index (χ0n) is 13.1. The first-order valence-corrected chi connectivity index (χ1v) is 8.53. The largest absolute Gasteiger partial charge is 0.337 e. The minimum absolute atomic E-state index is 0.268. The maximum Gasteiger partial charge on any atom is 0.139 e. The minimum Gasteiger partial charge on any atom is -0.337 e. The van der Waals surface area contributed by atoms with Crippen LogP contribution in [0.5, 0.6) is 0 Å². The molecule has 0 amide bonds. The highest BCUT2D eigenvalue weighted by atomic mass is 79.9. The van der Waals surface area contributed by atoms with E-state index in [2.05, 4.69) is 25.9 Å². The Bertz CT molecular complexity index is 1010. The Hall–Kier alpha value is -2.79. The van der Waals surface area contributed by atoms with E-state index in [0.717, 1.165) is 38.4 Å². The SMILES string of the molecule is Fc1ccc(-c2nc(-c3ccccc3Br)[nH]c2-c2ccncc2)cc1. The van der Waals surface area contributed by atoms with Crippen LogP contribution in [-0.2, 0) is 0 Å². The van der Waals surface area contributed by atoms with E-state index in [0.29, 0.717) is 0 Å². The molecule has 4 aromatic rings. The lowest BCUT2D eigenvalue weighted by molar-refractivity contribution is 0.628. The summed E-state index contributed by atoms with van der Waals surface area (Å²) >= 11 is 3.57. The van der Waals surface area contributed by atoms with Crippen LogP contribution in [0.4, 0.5) is 4.39 Å². The molecule has 0 saturated heterocycles. The van der Waals surface area contributed by atoms with Crippen LogP contribution in [0.25, 0.3) is 33.9 Å². The number of halogens is 2. The first-order valence-electron chi connectivity index (χ1n) is 7.73. The van der Waals surface area contributed by atoms with Crippen LogP contribution in [0.2, 0.25) is 0 Å². The Morgan fingerprint density at radius 1 is 0.840 bits per heavy atom. The smallest absolute Gasteiger partial charge is 0.139 e. The molecule has 0 aliphatic rings. The van der Waals surface area contributed by atoms with Gasteiger partial charge in [0.05, 0.1) is 11.4 Å². The van der Waals surface area contributed by atoms with Crippen molar-refractivity contribution in [3.8, 4) is 33.9 Å². The van der Waals surface area contributed by atoms with Gasteiger partial charge in [0, 0.05) is 33.6 Å². The molecule has 0 spiro atoms. The zero-order valence-corrected chi connectivity index (χ0v) is 14.7. The van der Waals surface area contributed by atoms with Crippen molar-refractivity contribution in [2.45, 2.75) is 0 Å². The second-order valence-corrected chi connectivity index (χ2v) is 6.39. The van der Waals surface area contributed by atoms with Crippen LogP contribution in [0.3, 0.4) is 0 Å². The maximum atomic E-state index is 13.3. The van der Waals surface area contributed by atoms with Gasteiger partial charge in [-0.2, -0.15) is 0 Å². The molecule has 5 heteroatoms. The number of aromatic amines is 1. The molecule has 2 aromatic heterocycles. The van der Waals surface area contributed by atoms with Gasteiger partial charge in [0.2, 0.25) is 0 Å². The molecule has 4 rings (SSSR count). The third-order valence-electron chi connectivity index (χ3n) is 3.92. The van der Waals surface area contributed by atoms with E-state index in [9.17, 15) is 4.39 Å². The van der Waals surface area contributed by atoms with Crippen LogP contribution in [0.1, 0.15) is 0 Å². The lowest BCUT2D eigenvalue weighted by Crippen LogP contribution is -1.84. The molecule has 0 aliphatic carbocycles. The lowest BCUT2D eigenvalue weighted by atomic mass is 10.1. The number of pyridine rings is 1. The molecule has 2 heterocycles. The molecule has 2 aromatic carbocycles. The maximum absolute atomic E-state index is 13.3. The van der Waals surface area contributed by atoms with Gasteiger partial charge < -0.3 is 4.98 Å². The fourth-order valence-corrected chi connectivity index (χ4v) is 3.17. The van der Waals surface area contributed by atoms with Crippen molar-refractivity contribution in [2.24, 2.45) is 0 Å². The third-order valence-corrected chi connectivity index (χ3v) is 4.61. The first-order chi connectivity index (χ1) is 12.2. The fraction of sp³-hybridized carbons (Fsp3) is 0. The summed E-state index contributed by atoms with van der Waals surface area (Å²) in [6.07, 6.45) is 3.48. The fourth-order valence-electron chi connectivity index (χ4n) is 2.70. The molecule has 0 bridgehead atoms. The van der Waals surface area contributed by atoms with E-state index < -0.39 is 0 Å². The summed E-state index contributed by atoms with van der Waals surface area (Å²) < 4.78 is 14.3. The Morgan fingerprint density at radius 2 is 1.56 bits per heavy atom. The Balaban J connectivity index is 1.92. The predicted molar refractivity (Wildman–Crippen MR) is 100 cm³/mol. The number of H-pyrrole nitrogens is 1. The Kier molecular flexibility index (Phi) is 4.15. The summed E-state index contributed by atoms with van der Waals surface area (Å²) in [5, 5.41) is 0. The molecule has 1 N–H and O–H groups in total. The molecule has 0 aliphatic heterocycles. The minimum atomic E-state index is -0.268. The molecular formula is C20H13BrFN3. The molecule has 0 radical (unpaired) electrons. The van der Waals surface area contributed by atoms with Gasteiger partial charge >= 0.3 is 0 Å². The van der Waals surface area contributed by atoms with Gasteiger partial charge in [0.1, 0.15) is 11.6 Å². The topological polar surface area (TPSA) is 41.6 Å². The standard InChI is InChI=1S/C20H13BrFN3/c21-17-4-2-1-3-16(17)20-24-18(13-5-7-15(22)8-6-13)19(25-20)14-9-11-23-12-10-14/h1-12H,(H,24,25). The van der Waals surface area contributed by atoms with Crippen molar-refractivity contribution in [1.82, 2.24) is 15.0 Å². The number of hydrogen-bond donors (Lipinski definition) is 1. The lowest BCUT2D eigenvalue weighted by Gasteiger charge is -2.02. The second kappa shape index (κ2) is 6.61. The highest BCUT2D eigenvalue weighted by Crippen LogP contribution is 2.34.